The van der Waals surface area contributed by atoms with E-state index in [2.05, 4.69) is 21.8 Å². The summed E-state index contributed by atoms with van der Waals surface area (Å²) in [6.07, 6.45) is 8.61. The molecule has 4 nitrogen and oxygen atoms in total. The van der Waals surface area contributed by atoms with Gasteiger partial charge in [-0.15, -0.1) is 0 Å². The van der Waals surface area contributed by atoms with Crippen LogP contribution in [0.25, 0.3) is 0 Å². The maximum absolute atomic E-state index is 5.92. The molecule has 1 aromatic heterocycles. The largest absolute Gasteiger partial charge is 0.326 e. The second kappa shape index (κ2) is 4.78. The van der Waals surface area contributed by atoms with Gasteiger partial charge in [-0.1, -0.05) is 12.8 Å². The highest BCUT2D eigenvalue weighted by Gasteiger charge is 2.21. The first-order valence-electron chi connectivity index (χ1n) is 6.83. The second-order valence-corrected chi connectivity index (χ2v) is 5.51. The van der Waals surface area contributed by atoms with Gasteiger partial charge in [-0.05, 0) is 25.3 Å². The molecule has 0 bridgehead atoms. The summed E-state index contributed by atoms with van der Waals surface area (Å²) in [5, 5.41) is 4.71. The molecule has 1 aliphatic carbocycles. The van der Waals surface area contributed by atoms with Crippen LogP contribution in [0.2, 0.25) is 0 Å². The molecular formula is C13H22N4. The van der Waals surface area contributed by atoms with Gasteiger partial charge < -0.3 is 5.73 Å². The summed E-state index contributed by atoms with van der Waals surface area (Å²) in [4.78, 5) is 2.41. The quantitative estimate of drug-likeness (QED) is 0.863. The summed E-state index contributed by atoms with van der Waals surface area (Å²) in [5.74, 6) is 0. The maximum Gasteiger partial charge on any atom is 0.0764 e. The fraction of sp³-hybridized carbons (Fsp3) is 0.769. The topological polar surface area (TPSA) is 47.1 Å². The molecule has 1 aliphatic heterocycles. The Hall–Kier alpha value is -0.870. The molecule has 2 heterocycles. The molecule has 0 amide bonds. The Labute approximate surface area is 103 Å². The minimum atomic E-state index is 0.368. The number of rotatable bonds is 3. The molecule has 2 aliphatic rings. The normalized spacial score (nSPS) is 27.0. The standard InChI is InChI=1S/C13H22N4/c14-11-5-7-16(9-11)10-12-6-8-17(15-12)13-3-1-2-4-13/h6,8,11,13H,1-5,7,9-10,14H2/t11-/m0/s1. The van der Waals surface area contributed by atoms with Crippen LogP contribution < -0.4 is 5.73 Å². The molecule has 2 fully saturated rings. The van der Waals surface area contributed by atoms with E-state index in [0.29, 0.717) is 12.1 Å². The van der Waals surface area contributed by atoms with Crippen molar-refractivity contribution in [2.45, 2.75) is 50.7 Å². The maximum atomic E-state index is 5.92. The molecule has 1 aromatic rings. The van der Waals surface area contributed by atoms with Crippen molar-refractivity contribution in [1.29, 1.82) is 0 Å². The Bertz CT molecular complexity index is 367. The van der Waals surface area contributed by atoms with E-state index < -0.39 is 0 Å². The van der Waals surface area contributed by atoms with Crippen molar-refractivity contribution < 1.29 is 0 Å². The Kier molecular flexibility index (Phi) is 3.16. The summed E-state index contributed by atoms with van der Waals surface area (Å²) >= 11 is 0. The zero-order valence-electron chi connectivity index (χ0n) is 10.4. The lowest BCUT2D eigenvalue weighted by Crippen LogP contribution is -2.26. The van der Waals surface area contributed by atoms with Crippen LogP contribution in [0.1, 0.15) is 43.8 Å². The van der Waals surface area contributed by atoms with Crippen molar-refractivity contribution in [2.75, 3.05) is 13.1 Å². The van der Waals surface area contributed by atoms with Crippen molar-refractivity contribution in [2.24, 2.45) is 5.73 Å². The van der Waals surface area contributed by atoms with E-state index in [1.54, 1.807) is 0 Å². The average Bonchev–Trinajstić information content (AvgIpc) is 3.00. The third-order valence-electron chi connectivity index (χ3n) is 4.06. The minimum Gasteiger partial charge on any atom is -0.326 e. The van der Waals surface area contributed by atoms with Gasteiger partial charge in [-0.2, -0.15) is 5.10 Å². The first-order valence-corrected chi connectivity index (χ1v) is 6.83. The monoisotopic (exact) mass is 234 g/mol. The molecule has 1 atom stereocenters. The van der Waals surface area contributed by atoms with Crippen LogP contribution in [-0.4, -0.2) is 33.8 Å². The first kappa shape index (κ1) is 11.2. The van der Waals surface area contributed by atoms with E-state index in [1.165, 1.54) is 31.4 Å². The lowest BCUT2D eigenvalue weighted by Gasteiger charge is -2.13. The summed E-state index contributed by atoms with van der Waals surface area (Å²) in [6.45, 7) is 3.11. The van der Waals surface area contributed by atoms with E-state index in [0.717, 1.165) is 26.1 Å². The highest BCUT2D eigenvalue weighted by molar-refractivity contribution is 5.01. The van der Waals surface area contributed by atoms with Crippen LogP contribution in [0.3, 0.4) is 0 Å². The predicted octanol–water partition coefficient (Wildman–Crippen LogP) is 1.53. The SMILES string of the molecule is N[C@H]1CCN(Cc2ccn(C3CCCC3)n2)C1. The third kappa shape index (κ3) is 2.53. The average molecular weight is 234 g/mol. The number of hydrogen-bond acceptors (Lipinski definition) is 3. The molecule has 3 rings (SSSR count). The highest BCUT2D eigenvalue weighted by atomic mass is 15.3. The zero-order valence-corrected chi connectivity index (χ0v) is 10.4. The Morgan fingerprint density at radius 1 is 1.29 bits per heavy atom. The molecule has 0 aromatic carbocycles. The van der Waals surface area contributed by atoms with Crippen molar-refractivity contribution in [1.82, 2.24) is 14.7 Å². The summed E-state index contributed by atoms with van der Waals surface area (Å²) in [7, 11) is 0. The first-order chi connectivity index (χ1) is 8.31. The molecule has 2 N–H and O–H groups in total. The van der Waals surface area contributed by atoms with Crippen LogP contribution in [-0.2, 0) is 6.54 Å². The van der Waals surface area contributed by atoms with Crippen molar-refractivity contribution in [3.63, 3.8) is 0 Å². The van der Waals surface area contributed by atoms with E-state index in [9.17, 15) is 0 Å². The highest BCUT2D eigenvalue weighted by Crippen LogP contribution is 2.28. The van der Waals surface area contributed by atoms with Crippen molar-refractivity contribution >= 4 is 0 Å². The molecule has 1 saturated carbocycles. The Morgan fingerprint density at radius 2 is 2.12 bits per heavy atom. The lowest BCUT2D eigenvalue weighted by molar-refractivity contribution is 0.319. The summed E-state index contributed by atoms with van der Waals surface area (Å²) < 4.78 is 2.18. The molecule has 0 spiro atoms. The fourth-order valence-corrected chi connectivity index (χ4v) is 3.07. The van der Waals surface area contributed by atoms with Gasteiger partial charge in [0.15, 0.2) is 0 Å². The number of aromatic nitrogens is 2. The van der Waals surface area contributed by atoms with Crippen LogP contribution in [0.15, 0.2) is 12.3 Å². The van der Waals surface area contributed by atoms with Gasteiger partial charge in [-0.25, -0.2) is 0 Å². The van der Waals surface area contributed by atoms with Gasteiger partial charge in [0.2, 0.25) is 0 Å². The van der Waals surface area contributed by atoms with E-state index >= 15 is 0 Å². The molecule has 94 valence electrons. The van der Waals surface area contributed by atoms with Gasteiger partial charge in [0.1, 0.15) is 0 Å². The molecule has 17 heavy (non-hydrogen) atoms. The van der Waals surface area contributed by atoms with Crippen LogP contribution >= 0.6 is 0 Å². The Balaban J connectivity index is 1.60. The molecular weight excluding hydrogens is 212 g/mol. The van der Waals surface area contributed by atoms with Gasteiger partial charge in [0.05, 0.1) is 11.7 Å². The van der Waals surface area contributed by atoms with Gasteiger partial charge in [0.25, 0.3) is 0 Å². The van der Waals surface area contributed by atoms with Gasteiger partial charge >= 0.3 is 0 Å². The summed E-state index contributed by atoms with van der Waals surface area (Å²) in [5.41, 5.74) is 7.12. The van der Waals surface area contributed by atoms with E-state index in [1.807, 2.05) is 0 Å². The number of likely N-dealkylation sites (tertiary alicyclic amines) is 1. The lowest BCUT2D eigenvalue weighted by atomic mass is 10.3. The second-order valence-electron chi connectivity index (χ2n) is 5.51. The van der Waals surface area contributed by atoms with Crippen LogP contribution in [0.5, 0.6) is 0 Å². The number of hydrogen-bond donors (Lipinski definition) is 1. The smallest absolute Gasteiger partial charge is 0.0764 e. The van der Waals surface area contributed by atoms with E-state index in [-0.39, 0.29) is 0 Å². The Morgan fingerprint density at radius 3 is 2.82 bits per heavy atom. The van der Waals surface area contributed by atoms with Crippen LogP contribution in [0.4, 0.5) is 0 Å². The number of nitrogens with two attached hydrogens (primary N) is 1. The number of nitrogens with zero attached hydrogens (tertiary/aromatic N) is 3. The van der Waals surface area contributed by atoms with Gasteiger partial charge in [0, 0.05) is 31.9 Å². The predicted molar refractivity (Wildman–Crippen MR) is 67.6 cm³/mol. The molecule has 1 saturated heterocycles. The molecule has 4 heteroatoms. The molecule has 0 radical (unpaired) electrons. The minimum absolute atomic E-state index is 0.368. The summed E-state index contributed by atoms with van der Waals surface area (Å²) in [6, 6.07) is 3.19. The zero-order chi connectivity index (χ0) is 11.7. The molecule has 0 unspecified atom stereocenters. The van der Waals surface area contributed by atoms with E-state index in [4.69, 9.17) is 10.8 Å². The third-order valence-corrected chi connectivity index (χ3v) is 4.06. The fourth-order valence-electron chi connectivity index (χ4n) is 3.07. The van der Waals surface area contributed by atoms with Gasteiger partial charge in [-0.3, -0.25) is 9.58 Å². The van der Waals surface area contributed by atoms with Crippen molar-refractivity contribution in [3.05, 3.63) is 18.0 Å². The van der Waals surface area contributed by atoms with Crippen LogP contribution in [0, 0.1) is 0 Å². The van der Waals surface area contributed by atoms with Crippen molar-refractivity contribution in [3.8, 4) is 0 Å².